The monoisotopic (exact) mass is 401 g/mol. The van der Waals surface area contributed by atoms with Gasteiger partial charge in [0.05, 0.1) is 31.5 Å². The van der Waals surface area contributed by atoms with Crippen molar-refractivity contribution < 1.29 is 17.9 Å². The zero-order valence-electron chi connectivity index (χ0n) is 13.7. The van der Waals surface area contributed by atoms with Gasteiger partial charge in [-0.1, -0.05) is 29.3 Å². The van der Waals surface area contributed by atoms with E-state index in [0.717, 1.165) is 4.31 Å². The van der Waals surface area contributed by atoms with E-state index in [1.54, 1.807) is 18.2 Å². The summed E-state index contributed by atoms with van der Waals surface area (Å²) >= 11 is 12.0. The zero-order chi connectivity index (χ0) is 18.6. The molecule has 0 spiro atoms. The molecule has 0 unspecified atom stereocenters. The molecule has 2 rings (SSSR count). The molecule has 0 aliphatic carbocycles. The summed E-state index contributed by atoms with van der Waals surface area (Å²) in [6, 6.07) is 9.13. The van der Waals surface area contributed by atoms with Crippen LogP contribution in [0.3, 0.4) is 0 Å². The minimum atomic E-state index is -4.02. The van der Waals surface area contributed by atoms with Gasteiger partial charge in [0, 0.05) is 11.1 Å². The predicted octanol–water partition coefficient (Wildman–Crippen LogP) is 4.39. The van der Waals surface area contributed by atoms with Crippen molar-refractivity contribution in [3.05, 3.63) is 59.1 Å². The van der Waals surface area contributed by atoms with Crippen LogP contribution in [0, 0.1) is 0 Å². The standard InChI is InChI=1S/C17H17Cl2NO4S/c1-4-9-20(15-11-13(23-2)6-8-16(15)24-3)25(21,22)17-10-12(18)5-7-14(17)19/h4-8,10-11H,1,9H2,2-3H3. The fourth-order valence-electron chi connectivity index (χ4n) is 2.23. The molecule has 0 aromatic heterocycles. The summed E-state index contributed by atoms with van der Waals surface area (Å²) in [5.74, 6) is 0.849. The summed E-state index contributed by atoms with van der Waals surface area (Å²) in [4.78, 5) is -0.103. The van der Waals surface area contributed by atoms with Crippen molar-refractivity contribution in [2.75, 3.05) is 25.1 Å². The molecule has 134 valence electrons. The van der Waals surface area contributed by atoms with Crippen LogP contribution in [-0.4, -0.2) is 29.2 Å². The Hall–Kier alpha value is -1.89. The summed E-state index contributed by atoms with van der Waals surface area (Å²) in [6.07, 6.45) is 1.47. The highest BCUT2D eigenvalue weighted by atomic mass is 35.5. The number of hydrogen-bond acceptors (Lipinski definition) is 4. The minimum Gasteiger partial charge on any atom is -0.497 e. The molecule has 0 saturated heterocycles. The highest BCUT2D eigenvalue weighted by molar-refractivity contribution is 7.93. The summed E-state index contributed by atoms with van der Waals surface area (Å²) in [5, 5.41) is 0.333. The van der Waals surface area contributed by atoms with Crippen molar-refractivity contribution in [2.24, 2.45) is 0 Å². The zero-order valence-corrected chi connectivity index (χ0v) is 16.0. The molecule has 0 radical (unpaired) electrons. The second-order valence-corrected chi connectivity index (χ2v) is 7.61. The number of nitrogens with zero attached hydrogens (tertiary/aromatic N) is 1. The molecule has 0 N–H and O–H groups in total. The lowest BCUT2D eigenvalue weighted by Gasteiger charge is -2.25. The SMILES string of the molecule is C=CCN(c1cc(OC)ccc1OC)S(=O)(=O)c1cc(Cl)ccc1Cl. The van der Waals surface area contributed by atoms with Crippen LogP contribution in [0.1, 0.15) is 0 Å². The quantitative estimate of drug-likeness (QED) is 0.645. The molecule has 0 bridgehead atoms. The first-order valence-electron chi connectivity index (χ1n) is 7.16. The van der Waals surface area contributed by atoms with Gasteiger partial charge < -0.3 is 9.47 Å². The first-order chi connectivity index (χ1) is 11.8. The van der Waals surface area contributed by atoms with Crippen molar-refractivity contribution in [3.8, 4) is 11.5 Å². The van der Waals surface area contributed by atoms with Crippen LogP contribution in [0.4, 0.5) is 5.69 Å². The Labute approximate surface area is 157 Å². The molecule has 0 fully saturated rings. The molecule has 0 atom stereocenters. The average molecular weight is 402 g/mol. The van der Waals surface area contributed by atoms with Gasteiger partial charge in [-0.15, -0.1) is 6.58 Å². The molecule has 0 amide bonds. The normalized spacial score (nSPS) is 11.0. The Kier molecular flexibility index (Phi) is 6.21. The number of sulfonamides is 1. The maximum absolute atomic E-state index is 13.2. The van der Waals surface area contributed by atoms with E-state index in [2.05, 4.69) is 6.58 Å². The number of rotatable bonds is 7. The maximum Gasteiger partial charge on any atom is 0.266 e. The average Bonchev–Trinajstić information content (AvgIpc) is 2.60. The van der Waals surface area contributed by atoms with Crippen molar-refractivity contribution >= 4 is 38.9 Å². The second kappa shape index (κ2) is 7.99. The summed E-state index contributed by atoms with van der Waals surface area (Å²) in [5.41, 5.74) is 0.304. The van der Waals surface area contributed by atoms with E-state index in [1.807, 2.05) is 0 Å². The first kappa shape index (κ1) is 19.4. The van der Waals surface area contributed by atoms with E-state index in [4.69, 9.17) is 32.7 Å². The summed E-state index contributed by atoms with van der Waals surface area (Å²) in [7, 11) is -1.07. The number of anilines is 1. The molecule has 0 heterocycles. The molecular formula is C17H17Cl2NO4S. The molecule has 0 saturated carbocycles. The van der Waals surface area contributed by atoms with E-state index in [0.29, 0.717) is 17.2 Å². The summed E-state index contributed by atoms with van der Waals surface area (Å²) < 4.78 is 38.0. The molecule has 25 heavy (non-hydrogen) atoms. The van der Waals surface area contributed by atoms with Crippen LogP contribution >= 0.6 is 23.2 Å². The lowest BCUT2D eigenvalue weighted by Crippen LogP contribution is -2.31. The van der Waals surface area contributed by atoms with Gasteiger partial charge in [0.25, 0.3) is 10.0 Å². The lowest BCUT2D eigenvalue weighted by atomic mass is 10.2. The van der Waals surface area contributed by atoms with Crippen LogP contribution in [0.5, 0.6) is 11.5 Å². The topological polar surface area (TPSA) is 55.8 Å². The fraction of sp³-hybridized carbons (Fsp3) is 0.176. The Bertz CT molecular complexity index is 884. The third-order valence-electron chi connectivity index (χ3n) is 3.41. The third-order valence-corrected chi connectivity index (χ3v) is 5.91. The Morgan fingerprint density at radius 1 is 1.12 bits per heavy atom. The van der Waals surface area contributed by atoms with Gasteiger partial charge in [-0.3, -0.25) is 4.31 Å². The van der Waals surface area contributed by atoms with Crippen LogP contribution in [0.25, 0.3) is 0 Å². The van der Waals surface area contributed by atoms with Gasteiger partial charge in [-0.25, -0.2) is 8.42 Å². The molecule has 0 aliphatic rings. The van der Waals surface area contributed by atoms with Crippen molar-refractivity contribution in [1.82, 2.24) is 0 Å². The largest absolute Gasteiger partial charge is 0.497 e. The van der Waals surface area contributed by atoms with Crippen LogP contribution in [0.15, 0.2) is 53.9 Å². The van der Waals surface area contributed by atoms with Crippen molar-refractivity contribution in [3.63, 3.8) is 0 Å². The van der Waals surface area contributed by atoms with Gasteiger partial charge in [0.2, 0.25) is 0 Å². The molecule has 0 aliphatic heterocycles. The molecule has 2 aromatic carbocycles. The van der Waals surface area contributed by atoms with Crippen molar-refractivity contribution in [2.45, 2.75) is 4.90 Å². The van der Waals surface area contributed by atoms with E-state index in [1.165, 1.54) is 38.5 Å². The number of hydrogen-bond donors (Lipinski definition) is 0. The van der Waals surface area contributed by atoms with Crippen LogP contribution in [0.2, 0.25) is 10.0 Å². The highest BCUT2D eigenvalue weighted by Crippen LogP contribution is 2.37. The second-order valence-electron chi connectivity index (χ2n) is 4.94. The lowest BCUT2D eigenvalue weighted by molar-refractivity contribution is 0.404. The smallest absolute Gasteiger partial charge is 0.266 e. The number of ether oxygens (including phenoxy) is 2. The predicted molar refractivity (Wildman–Crippen MR) is 101 cm³/mol. The minimum absolute atomic E-state index is 0.00863. The molecule has 8 heteroatoms. The van der Waals surface area contributed by atoms with Gasteiger partial charge in [0.15, 0.2) is 0 Å². The Balaban J connectivity index is 2.69. The van der Waals surface area contributed by atoms with E-state index in [9.17, 15) is 8.42 Å². The van der Waals surface area contributed by atoms with E-state index >= 15 is 0 Å². The first-order valence-corrected chi connectivity index (χ1v) is 9.35. The highest BCUT2D eigenvalue weighted by Gasteiger charge is 2.29. The van der Waals surface area contributed by atoms with E-state index < -0.39 is 10.0 Å². The van der Waals surface area contributed by atoms with Crippen molar-refractivity contribution in [1.29, 1.82) is 0 Å². The van der Waals surface area contributed by atoms with Gasteiger partial charge in [-0.05, 0) is 30.3 Å². The molecular weight excluding hydrogens is 385 g/mol. The van der Waals surface area contributed by atoms with E-state index in [-0.39, 0.29) is 21.5 Å². The number of methoxy groups -OCH3 is 2. The maximum atomic E-state index is 13.2. The Morgan fingerprint density at radius 3 is 2.44 bits per heavy atom. The molecule has 2 aromatic rings. The third kappa shape index (κ3) is 4.03. The van der Waals surface area contributed by atoms with Crippen LogP contribution in [-0.2, 0) is 10.0 Å². The number of halogens is 2. The number of benzene rings is 2. The fourth-order valence-corrected chi connectivity index (χ4v) is 4.41. The van der Waals surface area contributed by atoms with Crippen LogP contribution < -0.4 is 13.8 Å². The summed E-state index contributed by atoms with van der Waals surface area (Å²) in [6.45, 7) is 3.64. The molecule has 5 nitrogen and oxygen atoms in total. The van der Waals surface area contributed by atoms with Gasteiger partial charge >= 0.3 is 0 Å². The van der Waals surface area contributed by atoms with Gasteiger partial charge in [-0.2, -0.15) is 0 Å². The Morgan fingerprint density at radius 2 is 1.84 bits per heavy atom. The van der Waals surface area contributed by atoms with Gasteiger partial charge in [0.1, 0.15) is 16.4 Å².